The fourth-order valence-electron chi connectivity index (χ4n) is 1.04. The molecule has 1 aromatic carbocycles. The highest BCUT2D eigenvalue weighted by molar-refractivity contribution is 6.58. The summed E-state index contributed by atoms with van der Waals surface area (Å²) in [4.78, 5) is 0. The molecule has 0 fully saturated rings. The Hall–Kier alpha value is -0.615. The molecule has 15 heavy (non-hydrogen) atoms. The molecule has 0 saturated carbocycles. The van der Waals surface area contributed by atoms with E-state index in [1.54, 1.807) is 6.07 Å². The van der Waals surface area contributed by atoms with Gasteiger partial charge in [0.25, 0.3) is 0 Å². The zero-order valence-corrected chi connectivity index (χ0v) is 9.20. The zero-order valence-electron chi connectivity index (χ0n) is 7.69. The normalized spacial score (nSPS) is 9.87. The van der Waals surface area contributed by atoms with E-state index < -0.39 is 7.12 Å². The van der Waals surface area contributed by atoms with E-state index in [0.29, 0.717) is 11.5 Å². The third kappa shape index (κ3) is 3.79. The van der Waals surface area contributed by atoms with Crippen LogP contribution in [0.1, 0.15) is 0 Å². The van der Waals surface area contributed by atoms with Crippen LogP contribution in [0, 0.1) is 0 Å². The molecule has 0 amide bonds. The van der Waals surface area contributed by atoms with Gasteiger partial charge in [-0.15, -0.1) is 0 Å². The highest BCUT2D eigenvalue weighted by atomic mass is 35.5. The Bertz CT molecular complexity index is 297. The standard InChI is InChI=1S/C8H9BCl2O4/c10-4-14-7-1-6(9(12)13)2-8(3-7)15-5-11/h1-3,12-13H,4-5H2. The number of hydrogen-bond acceptors (Lipinski definition) is 4. The fourth-order valence-corrected chi connectivity index (χ4v) is 1.29. The van der Waals surface area contributed by atoms with Gasteiger partial charge in [-0.1, -0.05) is 23.2 Å². The molecule has 0 aliphatic rings. The van der Waals surface area contributed by atoms with Gasteiger partial charge in [-0.05, 0) is 17.6 Å². The molecule has 0 spiro atoms. The number of alkyl halides is 2. The van der Waals surface area contributed by atoms with Gasteiger partial charge in [-0.2, -0.15) is 0 Å². The second kappa shape index (κ2) is 6.07. The predicted molar refractivity (Wildman–Crippen MR) is 59.0 cm³/mol. The first-order chi connectivity index (χ1) is 7.17. The van der Waals surface area contributed by atoms with Gasteiger partial charge in [0.15, 0.2) is 12.1 Å². The molecule has 4 nitrogen and oxygen atoms in total. The van der Waals surface area contributed by atoms with Crippen molar-refractivity contribution in [3.8, 4) is 11.5 Å². The Kier molecular flexibility index (Phi) is 5.04. The maximum Gasteiger partial charge on any atom is 0.488 e. The predicted octanol–water partition coefficient (Wildman–Crippen LogP) is 0.517. The van der Waals surface area contributed by atoms with Gasteiger partial charge in [-0.3, -0.25) is 0 Å². The Labute approximate surface area is 97.5 Å². The minimum Gasteiger partial charge on any atom is -0.478 e. The van der Waals surface area contributed by atoms with Crippen LogP contribution in [0.25, 0.3) is 0 Å². The lowest BCUT2D eigenvalue weighted by atomic mass is 9.80. The van der Waals surface area contributed by atoms with Crippen LogP contribution in [0.2, 0.25) is 0 Å². The molecule has 0 atom stereocenters. The third-order valence-corrected chi connectivity index (χ3v) is 1.86. The first kappa shape index (κ1) is 12.5. The number of halogens is 2. The molecule has 0 heterocycles. The Balaban J connectivity index is 2.97. The third-order valence-electron chi connectivity index (χ3n) is 1.64. The van der Waals surface area contributed by atoms with E-state index in [1.165, 1.54) is 12.1 Å². The van der Waals surface area contributed by atoms with E-state index in [0.717, 1.165) is 0 Å². The average Bonchev–Trinajstić information content (AvgIpc) is 2.18. The van der Waals surface area contributed by atoms with E-state index in [-0.39, 0.29) is 17.6 Å². The smallest absolute Gasteiger partial charge is 0.478 e. The second-order valence-electron chi connectivity index (χ2n) is 2.62. The summed E-state index contributed by atoms with van der Waals surface area (Å²) in [6, 6.07) is 4.38. The van der Waals surface area contributed by atoms with Crippen molar-refractivity contribution in [3.05, 3.63) is 18.2 Å². The van der Waals surface area contributed by atoms with Crippen LogP contribution >= 0.6 is 23.2 Å². The molecule has 2 N–H and O–H groups in total. The van der Waals surface area contributed by atoms with Gasteiger partial charge >= 0.3 is 7.12 Å². The Morgan fingerprint density at radius 2 is 1.47 bits per heavy atom. The van der Waals surface area contributed by atoms with Crippen LogP contribution in [0.5, 0.6) is 11.5 Å². The molecule has 7 heteroatoms. The summed E-state index contributed by atoms with van der Waals surface area (Å²) in [7, 11) is -1.60. The Morgan fingerprint density at radius 3 is 1.80 bits per heavy atom. The summed E-state index contributed by atoms with van der Waals surface area (Å²) in [6.45, 7) is 0. The summed E-state index contributed by atoms with van der Waals surface area (Å²) in [5.41, 5.74) is 0.248. The molecule has 1 rings (SSSR count). The molecule has 0 radical (unpaired) electrons. The molecule has 82 valence electrons. The van der Waals surface area contributed by atoms with Crippen molar-refractivity contribution in [1.82, 2.24) is 0 Å². The van der Waals surface area contributed by atoms with Crippen LogP contribution in [0.15, 0.2) is 18.2 Å². The van der Waals surface area contributed by atoms with Gasteiger partial charge < -0.3 is 19.5 Å². The molecule has 0 aromatic heterocycles. The van der Waals surface area contributed by atoms with Gasteiger partial charge in [0.2, 0.25) is 0 Å². The van der Waals surface area contributed by atoms with Gasteiger partial charge in [0, 0.05) is 6.07 Å². The van der Waals surface area contributed by atoms with E-state index in [1.807, 2.05) is 0 Å². The molecular formula is C8H9BCl2O4. The van der Waals surface area contributed by atoms with Crippen LogP contribution < -0.4 is 14.9 Å². The van der Waals surface area contributed by atoms with Crippen LogP contribution in [-0.4, -0.2) is 29.3 Å². The lowest BCUT2D eigenvalue weighted by Gasteiger charge is -2.09. The largest absolute Gasteiger partial charge is 0.488 e. The van der Waals surface area contributed by atoms with Crippen LogP contribution in [0.3, 0.4) is 0 Å². The zero-order chi connectivity index (χ0) is 11.3. The second-order valence-corrected chi connectivity index (χ2v) is 3.05. The monoisotopic (exact) mass is 250 g/mol. The summed E-state index contributed by atoms with van der Waals surface area (Å²) in [6.07, 6.45) is 0. The SMILES string of the molecule is OB(O)c1cc(OCCl)cc(OCCl)c1. The van der Waals surface area contributed by atoms with E-state index >= 15 is 0 Å². The first-order valence-electron chi connectivity index (χ1n) is 4.06. The van der Waals surface area contributed by atoms with E-state index in [4.69, 9.17) is 42.7 Å². The van der Waals surface area contributed by atoms with E-state index in [2.05, 4.69) is 0 Å². The van der Waals surface area contributed by atoms with Crippen molar-refractivity contribution in [2.45, 2.75) is 0 Å². The number of rotatable bonds is 5. The quantitative estimate of drug-likeness (QED) is 0.591. The minimum atomic E-state index is -1.60. The van der Waals surface area contributed by atoms with Crippen molar-refractivity contribution in [2.24, 2.45) is 0 Å². The van der Waals surface area contributed by atoms with Gasteiger partial charge in [0.05, 0.1) is 0 Å². The molecule has 1 aromatic rings. The van der Waals surface area contributed by atoms with Crippen molar-refractivity contribution in [1.29, 1.82) is 0 Å². The molecule has 0 aliphatic carbocycles. The van der Waals surface area contributed by atoms with E-state index in [9.17, 15) is 0 Å². The maximum absolute atomic E-state index is 8.99. The van der Waals surface area contributed by atoms with Crippen molar-refractivity contribution < 1.29 is 19.5 Å². The lowest BCUT2D eigenvalue weighted by Crippen LogP contribution is -2.29. The minimum absolute atomic E-state index is 0.0364. The number of benzene rings is 1. The molecule has 0 saturated heterocycles. The summed E-state index contributed by atoms with van der Waals surface area (Å²) in [5.74, 6) is 0.770. The molecule has 0 unspecified atom stereocenters. The topological polar surface area (TPSA) is 58.9 Å². The summed E-state index contributed by atoms with van der Waals surface area (Å²) < 4.78 is 10.0. The molecule has 0 bridgehead atoms. The summed E-state index contributed by atoms with van der Waals surface area (Å²) >= 11 is 10.8. The van der Waals surface area contributed by atoms with Crippen molar-refractivity contribution in [2.75, 3.05) is 12.1 Å². The highest BCUT2D eigenvalue weighted by Crippen LogP contribution is 2.19. The number of hydrogen-bond donors (Lipinski definition) is 2. The average molecular weight is 251 g/mol. The highest BCUT2D eigenvalue weighted by Gasteiger charge is 2.14. The fraction of sp³-hybridized carbons (Fsp3) is 0.250. The van der Waals surface area contributed by atoms with Crippen molar-refractivity contribution in [3.63, 3.8) is 0 Å². The Morgan fingerprint density at radius 1 is 1.00 bits per heavy atom. The molecular weight excluding hydrogens is 242 g/mol. The maximum atomic E-state index is 8.99. The van der Waals surface area contributed by atoms with Crippen LogP contribution in [0.4, 0.5) is 0 Å². The summed E-state index contributed by atoms with van der Waals surface area (Å²) in [5, 5.41) is 18.0. The van der Waals surface area contributed by atoms with Gasteiger partial charge in [0.1, 0.15) is 11.5 Å². The van der Waals surface area contributed by atoms with Crippen LogP contribution in [-0.2, 0) is 0 Å². The molecule has 0 aliphatic heterocycles. The number of ether oxygens (including phenoxy) is 2. The lowest BCUT2D eigenvalue weighted by molar-refractivity contribution is 0.368. The van der Waals surface area contributed by atoms with Gasteiger partial charge in [-0.25, -0.2) is 0 Å². The first-order valence-corrected chi connectivity index (χ1v) is 5.13. The van der Waals surface area contributed by atoms with Crippen molar-refractivity contribution >= 4 is 35.8 Å².